The summed E-state index contributed by atoms with van der Waals surface area (Å²) < 4.78 is 33.0. The van der Waals surface area contributed by atoms with Crippen molar-refractivity contribution in [1.82, 2.24) is 15.1 Å². The smallest absolute Gasteiger partial charge is 0.224 e. The molecule has 0 aromatic heterocycles. The Kier molecular flexibility index (Phi) is 9.77. The van der Waals surface area contributed by atoms with Crippen molar-refractivity contribution in [3.63, 3.8) is 0 Å². The van der Waals surface area contributed by atoms with Crippen LogP contribution in [-0.2, 0) is 16.0 Å². The lowest BCUT2D eigenvalue weighted by molar-refractivity contribution is -0.121. The van der Waals surface area contributed by atoms with Gasteiger partial charge in [0.05, 0.1) is 12.5 Å². The van der Waals surface area contributed by atoms with Crippen LogP contribution in [0.4, 0.5) is 8.78 Å². The van der Waals surface area contributed by atoms with Crippen molar-refractivity contribution in [2.75, 3.05) is 27.2 Å². The fourth-order valence-electron chi connectivity index (χ4n) is 6.66. The molecular formula is C31H45F2N3O2. The third-order valence-electron chi connectivity index (χ3n) is 8.81. The molecule has 3 aliphatic rings. The first-order chi connectivity index (χ1) is 18.1. The number of unbranched alkanes of at least 4 members (excludes halogenated alkanes) is 1. The van der Waals surface area contributed by atoms with Crippen LogP contribution in [0.15, 0.2) is 41.5 Å². The van der Waals surface area contributed by atoms with E-state index in [1.165, 1.54) is 17.2 Å². The zero-order chi connectivity index (χ0) is 27.4. The highest BCUT2D eigenvalue weighted by Gasteiger charge is 2.44. The number of benzene rings is 1. The van der Waals surface area contributed by atoms with Gasteiger partial charge in [-0.25, -0.2) is 8.78 Å². The molecule has 2 saturated heterocycles. The van der Waals surface area contributed by atoms with Crippen LogP contribution >= 0.6 is 0 Å². The molecule has 0 spiro atoms. The van der Waals surface area contributed by atoms with Gasteiger partial charge in [-0.2, -0.15) is 0 Å². The summed E-state index contributed by atoms with van der Waals surface area (Å²) in [6.45, 7) is 8.75. The first-order valence-corrected chi connectivity index (χ1v) is 14.3. The summed E-state index contributed by atoms with van der Waals surface area (Å²) in [5, 5.41) is 3.17. The van der Waals surface area contributed by atoms with Crippen LogP contribution in [0.3, 0.4) is 0 Å². The van der Waals surface area contributed by atoms with E-state index >= 15 is 0 Å². The first-order valence-electron chi connectivity index (χ1n) is 14.3. The predicted molar refractivity (Wildman–Crippen MR) is 148 cm³/mol. The molecule has 2 aliphatic heterocycles. The van der Waals surface area contributed by atoms with Crippen LogP contribution in [0.5, 0.6) is 0 Å². The van der Waals surface area contributed by atoms with Gasteiger partial charge in [-0.05, 0) is 96.3 Å². The van der Waals surface area contributed by atoms with Gasteiger partial charge in [0.1, 0.15) is 0 Å². The number of nitrogens with one attached hydrogen (secondary N) is 1. The maximum atomic E-state index is 13.5. The largest absolute Gasteiger partial charge is 0.374 e. The molecule has 1 aliphatic carbocycles. The van der Waals surface area contributed by atoms with E-state index in [0.29, 0.717) is 29.6 Å². The minimum absolute atomic E-state index is 0.0663. The van der Waals surface area contributed by atoms with Gasteiger partial charge in [-0.1, -0.05) is 30.7 Å². The molecule has 2 fully saturated rings. The molecule has 38 heavy (non-hydrogen) atoms. The van der Waals surface area contributed by atoms with Crippen molar-refractivity contribution in [2.24, 2.45) is 5.92 Å². The third kappa shape index (κ3) is 6.91. The van der Waals surface area contributed by atoms with Crippen molar-refractivity contribution < 1.29 is 18.3 Å². The Bertz CT molecular complexity index is 1030. The fourth-order valence-corrected chi connectivity index (χ4v) is 6.66. The number of nitrogens with zero attached hydrogens (tertiary/aromatic N) is 2. The SMILES string of the molecule is CC1=C(C(C)N2C3CCC2CC(NC(=O)Cc2ccc(F)c(F)c2)C3)C=CC(OCCCCN(C)C)C1C. The molecule has 1 aromatic rings. The van der Waals surface area contributed by atoms with Gasteiger partial charge in [-0.15, -0.1) is 0 Å². The highest BCUT2D eigenvalue weighted by atomic mass is 19.2. The normalized spacial score (nSPS) is 28.3. The lowest BCUT2D eigenvalue weighted by Crippen LogP contribution is -2.54. The number of ether oxygens (including phenoxy) is 1. The molecule has 2 heterocycles. The molecule has 1 aromatic carbocycles. The van der Waals surface area contributed by atoms with Crippen LogP contribution in [0.25, 0.3) is 0 Å². The molecule has 2 bridgehead atoms. The summed E-state index contributed by atoms with van der Waals surface area (Å²) in [5.74, 6) is -1.57. The van der Waals surface area contributed by atoms with Crippen molar-refractivity contribution in [3.8, 4) is 0 Å². The Balaban J connectivity index is 1.30. The van der Waals surface area contributed by atoms with Gasteiger partial charge in [0.2, 0.25) is 5.91 Å². The Hall–Kier alpha value is -2.09. The van der Waals surface area contributed by atoms with Gasteiger partial charge >= 0.3 is 0 Å². The van der Waals surface area contributed by atoms with Gasteiger partial charge in [-0.3, -0.25) is 9.69 Å². The van der Waals surface area contributed by atoms with Gasteiger partial charge < -0.3 is 15.0 Å². The Morgan fingerprint density at radius 1 is 1.16 bits per heavy atom. The lowest BCUT2D eigenvalue weighted by Gasteiger charge is -2.44. The molecule has 4 rings (SSSR count). The van der Waals surface area contributed by atoms with E-state index in [1.807, 2.05) is 0 Å². The molecule has 210 valence electrons. The van der Waals surface area contributed by atoms with E-state index < -0.39 is 11.6 Å². The maximum Gasteiger partial charge on any atom is 0.224 e. The van der Waals surface area contributed by atoms with Crippen molar-refractivity contribution >= 4 is 5.91 Å². The minimum atomic E-state index is -0.913. The van der Waals surface area contributed by atoms with Crippen molar-refractivity contribution in [2.45, 2.75) is 96.0 Å². The second-order valence-corrected chi connectivity index (χ2v) is 11.8. The van der Waals surface area contributed by atoms with Gasteiger partial charge in [0, 0.05) is 36.7 Å². The average Bonchev–Trinajstić information content (AvgIpc) is 3.13. The molecule has 1 amide bonds. The van der Waals surface area contributed by atoms with Crippen LogP contribution < -0.4 is 5.32 Å². The molecular weight excluding hydrogens is 484 g/mol. The minimum Gasteiger partial charge on any atom is -0.374 e. The quantitative estimate of drug-likeness (QED) is 0.398. The summed E-state index contributed by atoms with van der Waals surface area (Å²) in [6, 6.07) is 4.98. The predicted octanol–water partition coefficient (Wildman–Crippen LogP) is 5.26. The molecule has 1 N–H and O–H groups in total. The van der Waals surface area contributed by atoms with E-state index in [9.17, 15) is 13.6 Å². The Labute approximate surface area is 227 Å². The Morgan fingerprint density at radius 3 is 2.53 bits per heavy atom. The monoisotopic (exact) mass is 529 g/mol. The lowest BCUT2D eigenvalue weighted by atomic mass is 9.83. The van der Waals surface area contributed by atoms with Crippen molar-refractivity contribution in [3.05, 3.63) is 58.7 Å². The summed E-state index contributed by atoms with van der Waals surface area (Å²) in [5.41, 5.74) is 3.31. The molecule has 5 atom stereocenters. The molecule has 5 unspecified atom stereocenters. The standard InChI is InChI=1S/C31H45F2N3O2/c1-20-21(2)30(38-15-7-6-14-35(4)5)13-11-27(20)22(3)36-25-9-10-26(36)19-24(18-25)34-31(37)17-23-8-12-28(32)29(33)16-23/h8,11-13,16,21-22,24-26,30H,6-7,9-10,14-15,17-19H2,1-5H3,(H,34,37). The zero-order valence-electron chi connectivity index (χ0n) is 23.7. The molecule has 5 nitrogen and oxygen atoms in total. The van der Waals surface area contributed by atoms with Crippen molar-refractivity contribution in [1.29, 1.82) is 0 Å². The van der Waals surface area contributed by atoms with Gasteiger partial charge in [0.15, 0.2) is 11.6 Å². The summed E-state index contributed by atoms with van der Waals surface area (Å²) in [7, 11) is 4.21. The van der Waals surface area contributed by atoms with Crippen LogP contribution in [0.2, 0.25) is 0 Å². The summed E-state index contributed by atoms with van der Waals surface area (Å²) in [4.78, 5) is 17.5. The van der Waals surface area contributed by atoms with E-state index in [4.69, 9.17) is 4.74 Å². The number of fused-ring (bicyclic) bond motifs is 2. The summed E-state index contributed by atoms with van der Waals surface area (Å²) >= 11 is 0. The average molecular weight is 530 g/mol. The molecule has 0 radical (unpaired) electrons. The van der Waals surface area contributed by atoms with Gasteiger partial charge in [0.25, 0.3) is 0 Å². The van der Waals surface area contributed by atoms with E-state index in [1.54, 1.807) is 0 Å². The topological polar surface area (TPSA) is 44.8 Å². The molecule has 7 heteroatoms. The fraction of sp³-hybridized carbons (Fsp3) is 0.645. The summed E-state index contributed by atoms with van der Waals surface area (Å²) in [6.07, 6.45) is 11.1. The number of hydrogen-bond donors (Lipinski definition) is 1. The number of hydrogen-bond acceptors (Lipinski definition) is 4. The maximum absolute atomic E-state index is 13.5. The molecule has 0 saturated carbocycles. The third-order valence-corrected chi connectivity index (χ3v) is 8.81. The van der Waals surface area contributed by atoms with E-state index in [-0.39, 0.29) is 24.5 Å². The second-order valence-electron chi connectivity index (χ2n) is 11.8. The Morgan fingerprint density at radius 2 is 1.87 bits per heavy atom. The number of amides is 1. The van der Waals surface area contributed by atoms with Crippen LogP contribution in [0, 0.1) is 17.6 Å². The van der Waals surface area contributed by atoms with Crippen LogP contribution in [0.1, 0.15) is 64.9 Å². The van der Waals surface area contributed by atoms with E-state index in [0.717, 1.165) is 63.8 Å². The number of halogens is 2. The second kappa shape index (κ2) is 12.8. The highest BCUT2D eigenvalue weighted by molar-refractivity contribution is 5.78. The first kappa shape index (κ1) is 28.9. The van der Waals surface area contributed by atoms with Crippen LogP contribution in [-0.4, -0.2) is 73.2 Å². The number of rotatable bonds is 11. The number of carbonyl (C=O) groups is 1. The number of piperidine rings is 1. The number of carbonyl (C=O) groups excluding carboxylic acids is 1. The highest BCUT2D eigenvalue weighted by Crippen LogP contribution is 2.41. The van der Waals surface area contributed by atoms with E-state index in [2.05, 4.69) is 62.1 Å². The zero-order valence-corrected chi connectivity index (χ0v) is 23.7.